The Kier molecular flexibility index (Phi) is 6.17. The number of carboxylic acid groups (broad SMARTS) is 1. The Labute approximate surface area is 147 Å². The number of phenols is 1. The first-order chi connectivity index (χ1) is 11.9. The van der Waals surface area contributed by atoms with Gasteiger partial charge in [0.2, 0.25) is 0 Å². The van der Waals surface area contributed by atoms with Gasteiger partial charge < -0.3 is 15.5 Å². The van der Waals surface area contributed by atoms with Crippen LogP contribution in [-0.2, 0) is 11.2 Å². The summed E-state index contributed by atoms with van der Waals surface area (Å²) in [5.41, 5.74) is 2.38. The van der Waals surface area contributed by atoms with E-state index in [0.29, 0.717) is 29.7 Å². The third-order valence-electron chi connectivity index (χ3n) is 4.03. The summed E-state index contributed by atoms with van der Waals surface area (Å²) in [6, 6.07) is 12.5. The maximum absolute atomic E-state index is 12.5. The zero-order chi connectivity index (χ0) is 18.4. The zero-order valence-corrected chi connectivity index (χ0v) is 14.5. The Morgan fingerprint density at radius 2 is 1.76 bits per heavy atom. The Balaban J connectivity index is 2.29. The SMILES string of the molecule is CC(C)c1ccc(CCCC(=O)O)c(O)c1NC(=O)c1ccccc1. The normalized spacial score (nSPS) is 10.7. The molecule has 5 heteroatoms. The molecule has 0 saturated carbocycles. The van der Waals surface area contributed by atoms with Gasteiger partial charge in [0.05, 0.1) is 5.69 Å². The van der Waals surface area contributed by atoms with E-state index in [9.17, 15) is 14.7 Å². The van der Waals surface area contributed by atoms with Crippen LogP contribution in [-0.4, -0.2) is 22.1 Å². The van der Waals surface area contributed by atoms with Gasteiger partial charge in [0.15, 0.2) is 0 Å². The maximum Gasteiger partial charge on any atom is 0.303 e. The van der Waals surface area contributed by atoms with Crippen LogP contribution in [0.5, 0.6) is 5.75 Å². The highest BCUT2D eigenvalue weighted by Crippen LogP contribution is 2.36. The third-order valence-corrected chi connectivity index (χ3v) is 4.03. The third kappa shape index (κ3) is 4.83. The van der Waals surface area contributed by atoms with Crippen molar-refractivity contribution in [2.24, 2.45) is 0 Å². The molecule has 132 valence electrons. The number of amides is 1. The molecule has 0 fully saturated rings. The largest absolute Gasteiger partial charge is 0.505 e. The summed E-state index contributed by atoms with van der Waals surface area (Å²) in [4.78, 5) is 23.1. The molecule has 2 rings (SSSR count). The molecule has 0 saturated heterocycles. The molecule has 0 bridgehead atoms. The van der Waals surface area contributed by atoms with Gasteiger partial charge in [0.1, 0.15) is 5.75 Å². The number of aromatic hydroxyl groups is 1. The molecule has 0 aliphatic heterocycles. The van der Waals surface area contributed by atoms with Gasteiger partial charge in [0.25, 0.3) is 5.91 Å². The van der Waals surface area contributed by atoms with Gasteiger partial charge in [-0.3, -0.25) is 9.59 Å². The molecular formula is C20H23NO4. The van der Waals surface area contributed by atoms with Gasteiger partial charge in [-0.1, -0.05) is 44.2 Å². The molecule has 25 heavy (non-hydrogen) atoms. The lowest BCUT2D eigenvalue weighted by Crippen LogP contribution is -2.14. The minimum atomic E-state index is -0.865. The minimum Gasteiger partial charge on any atom is -0.505 e. The number of benzene rings is 2. The molecule has 2 aromatic rings. The second-order valence-electron chi connectivity index (χ2n) is 6.26. The van der Waals surface area contributed by atoms with Crippen LogP contribution in [0.2, 0.25) is 0 Å². The van der Waals surface area contributed by atoms with Crippen LogP contribution in [0.25, 0.3) is 0 Å². The summed E-state index contributed by atoms with van der Waals surface area (Å²) in [7, 11) is 0. The van der Waals surface area contributed by atoms with E-state index in [-0.39, 0.29) is 24.0 Å². The lowest BCUT2D eigenvalue weighted by molar-refractivity contribution is -0.137. The van der Waals surface area contributed by atoms with Crippen molar-refractivity contribution in [1.29, 1.82) is 0 Å². The zero-order valence-electron chi connectivity index (χ0n) is 14.5. The Hall–Kier alpha value is -2.82. The van der Waals surface area contributed by atoms with E-state index in [2.05, 4.69) is 5.32 Å². The molecule has 5 nitrogen and oxygen atoms in total. The lowest BCUT2D eigenvalue weighted by Gasteiger charge is -2.18. The Bertz CT molecular complexity index is 754. The number of nitrogens with one attached hydrogen (secondary N) is 1. The molecule has 0 spiro atoms. The first-order valence-electron chi connectivity index (χ1n) is 8.33. The summed E-state index contributed by atoms with van der Waals surface area (Å²) in [6.45, 7) is 3.97. The molecular weight excluding hydrogens is 318 g/mol. The van der Waals surface area contributed by atoms with Crippen LogP contribution in [0, 0.1) is 0 Å². The van der Waals surface area contributed by atoms with Gasteiger partial charge in [-0.2, -0.15) is 0 Å². The topological polar surface area (TPSA) is 86.6 Å². The van der Waals surface area contributed by atoms with E-state index >= 15 is 0 Å². The number of rotatable bonds is 7. The Morgan fingerprint density at radius 3 is 2.36 bits per heavy atom. The number of hydrogen-bond donors (Lipinski definition) is 3. The van der Waals surface area contributed by atoms with Gasteiger partial charge in [0, 0.05) is 12.0 Å². The molecule has 3 N–H and O–H groups in total. The highest BCUT2D eigenvalue weighted by molar-refractivity contribution is 6.05. The average Bonchev–Trinajstić information content (AvgIpc) is 2.58. The van der Waals surface area contributed by atoms with Crippen LogP contribution >= 0.6 is 0 Å². The lowest BCUT2D eigenvalue weighted by atomic mass is 9.96. The standard InChI is InChI=1S/C20H23NO4/c1-13(2)16-12-11-14(9-6-10-17(22)23)19(24)18(16)21-20(25)15-7-4-3-5-8-15/h3-5,7-8,11-13,24H,6,9-10H2,1-2H3,(H,21,25)(H,22,23). The summed E-state index contributed by atoms with van der Waals surface area (Å²) in [6.07, 6.45) is 0.901. The van der Waals surface area contributed by atoms with Crippen molar-refractivity contribution in [3.63, 3.8) is 0 Å². The van der Waals surface area contributed by atoms with Crippen LogP contribution in [0.3, 0.4) is 0 Å². The van der Waals surface area contributed by atoms with Crippen molar-refractivity contribution >= 4 is 17.6 Å². The van der Waals surface area contributed by atoms with E-state index in [1.165, 1.54) is 0 Å². The van der Waals surface area contributed by atoms with Gasteiger partial charge in [-0.15, -0.1) is 0 Å². The smallest absolute Gasteiger partial charge is 0.303 e. The van der Waals surface area contributed by atoms with Crippen LogP contribution in [0.15, 0.2) is 42.5 Å². The summed E-state index contributed by atoms with van der Waals surface area (Å²) in [5.74, 6) is -1.03. The number of phenolic OH excluding ortho intramolecular Hbond substituents is 1. The number of carbonyl (C=O) groups excluding carboxylic acids is 1. The number of hydrogen-bond acceptors (Lipinski definition) is 3. The number of carbonyl (C=O) groups is 2. The molecule has 2 aromatic carbocycles. The van der Waals surface area contributed by atoms with E-state index in [4.69, 9.17) is 5.11 Å². The van der Waals surface area contributed by atoms with Crippen molar-refractivity contribution in [2.75, 3.05) is 5.32 Å². The van der Waals surface area contributed by atoms with E-state index < -0.39 is 5.97 Å². The second kappa shape index (κ2) is 8.33. The molecule has 0 aliphatic rings. The molecule has 0 radical (unpaired) electrons. The number of aliphatic carboxylic acids is 1. The fraction of sp³-hybridized carbons (Fsp3) is 0.300. The predicted molar refractivity (Wildman–Crippen MR) is 97.2 cm³/mol. The second-order valence-corrected chi connectivity index (χ2v) is 6.26. The van der Waals surface area contributed by atoms with Crippen molar-refractivity contribution in [2.45, 2.75) is 39.0 Å². The fourth-order valence-electron chi connectivity index (χ4n) is 2.67. The van der Waals surface area contributed by atoms with E-state index in [0.717, 1.165) is 5.56 Å². The number of anilines is 1. The van der Waals surface area contributed by atoms with Crippen LogP contribution in [0.4, 0.5) is 5.69 Å². The van der Waals surface area contributed by atoms with E-state index in [1.807, 2.05) is 26.0 Å². The van der Waals surface area contributed by atoms with Gasteiger partial charge >= 0.3 is 5.97 Å². The van der Waals surface area contributed by atoms with Crippen LogP contribution < -0.4 is 5.32 Å². The molecule has 0 aromatic heterocycles. The fourth-order valence-corrected chi connectivity index (χ4v) is 2.67. The van der Waals surface area contributed by atoms with Crippen molar-refractivity contribution in [3.05, 3.63) is 59.2 Å². The molecule has 0 unspecified atom stereocenters. The quantitative estimate of drug-likeness (QED) is 0.660. The van der Waals surface area contributed by atoms with E-state index in [1.54, 1.807) is 30.3 Å². The van der Waals surface area contributed by atoms with Gasteiger partial charge in [-0.25, -0.2) is 0 Å². The Morgan fingerprint density at radius 1 is 1.08 bits per heavy atom. The predicted octanol–water partition coefficient (Wildman–Crippen LogP) is 4.18. The molecule has 0 atom stereocenters. The molecule has 1 amide bonds. The molecule has 0 aliphatic carbocycles. The van der Waals surface area contributed by atoms with Crippen molar-refractivity contribution in [3.8, 4) is 5.75 Å². The number of aryl methyl sites for hydroxylation is 1. The highest BCUT2D eigenvalue weighted by Gasteiger charge is 2.18. The molecule has 0 heterocycles. The summed E-state index contributed by atoms with van der Waals surface area (Å²) >= 11 is 0. The average molecular weight is 341 g/mol. The van der Waals surface area contributed by atoms with Crippen molar-refractivity contribution in [1.82, 2.24) is 0 Å². The first-order valence-corrected chi connectivity index (χ1v) is 8.33. The highest BCUT2D eigenvalue weighted by atomic mass is 16.4. The summed E-state index contributed by atoms with van der Waals surface area (Å²) in [5, 5.41) is 22.2. The maximum atomic E-state index is 12.5. The summed E-state index contributed by atoms with van der Waals surface area (Å²) < 4.78 is 0. The van der Waals surface area contributed by atoms with Gasteiger partial charge in [-0.05, 0) is 42.0 Å². The number of carboxylic acids is 1. The first kappa shape index (κ1) is 18.5. The van der Waals surface area contributed by atoms with Crippen LogP contribution in [0.1, 0.15) is 54.1 Å². The van der Waals surface area contributed by atoms with Crippen molar-refractivity contribution < 1.29 is 19.8 Å². The minimum absolute atomic E-state index is 0.0147. The monoisotopic (exact) mass is 341 g/mol.